The SMILES string of the molecule is COc1cc(Br)c(C)c(-c2cc(N)no2)c1O. The Hall–Kier alpha value is -1.69. The van der Waals surface area contributed by atoms with E-state index >= 15 is 0 Å². The largest absolute Gasteiger partial charge is 0.504 e. The zero-order chi connectivity index (χ0) is 12.6. The Kier molecular flexibility index (Phi) is 2.97. The quantitative estimate of drug-likeness (QED) is 0.891. The van der Waals surface area contributed by atoms with E-state index in [1.165, 1.54) is 7.11 Å². The van der Waals surface area contributed by atoms with Gasteiger partial charge in [0.15, 0.2) is 23.1 Å². The number of ether oxygens (including phenoxy) is 1. The van der Waals surface area contributed by atoms with E-state index in [1.54, 1.807) is 12.1 Å². The zero-order valence-electron chi connectivity index (χ0n) is 9.32. The molecule has 0 aliphatic rings. The lowest BCUT2D eigenvalue weighted by atomic mass is 10.0. The van der Waals surface area contributed by atoms with Gasteiger partial charge in [0, 0.05) is 10.5 Å². The molecule has 0 unspecified atom stereocenters. The molecule has 0 spiro atoms. The highest BCUT2D eigenvalue weighted by Gasteiger charge is 2.19. The maximum absolute atomic E-state index is 10.1. The summed E-state index contributed by atoms with van der Waals surface area (Å²) in [4.78, 5) is 0. The van der Waals surface area contributed by atoms with Gasteiger partial charge in [0.05, 0.1) is 12.7 Å². The lowest BCUT2D eigenvalue weighted by molar-refractivity contribution is 0.371. The Morgan fingerprint density at radius 2 is 2.18 bits per heavy atom. The van der Waals surface area contributed by atoms with Crippen LogP contribution in [-0.2, 0) is 0 Å². The van der Waals surface area contributed by atoms with Crippen molar-refractivity contribution in [3.8, 4) is 22.8 Å². The van der Waals surface area contributed by atoms with Gasteiger partial charge in [-0.3, -0.25) is 0 Å². The Labute approximate surface area is 106 Å². The molecule has 0 aliphatic heterocycles. The lowest BCUT2D eigenvalue weighted by Gasteiger charge is -2.11. The van der Waals surface area contributed by atoms with Gasteiger partial charge in [0.25, 0.3) is 0 Å². The summed E-state index contributed by atoms with van der Waals surface area (Å²) in [6, 6.07) is 3.24. The molecule has 0 saturated heterocycles. The first kappa shape index (κ1) is 11.8. The second-order valence-electron chi connectivity index (χ2n) is 3.53. The molecule has 17 heavy (non-hydrogen) atoms. The number of nitrogen functional groups attached to an aromatic ring is 1. The summed E-state index contributed by atoms with van der Waals surface area (Å²) >= 11 is 3.39. The van der Waals surface area contributed by atoms with Crippen LogP contribution in [0.2, 0.25) is 0 Å². The predicted octanol–water partition coefficient (Wildman–Crippen LogP) is 2.71. The minimum atomic E-state index is 0.00403. The third-order valence-corrected chi connectivity index (χ3v) is 3.28. The van der Waals surface area contributed by atoms with Gasteiger partial charge in [-0.05, 0) is 18.6 Å². The van der Waals surface area contributed by atoms with Crippen molar-refractivity contribution in [1.82, 2.24) is 5.16 Å². The van der Waals surface area contributed by atoms with Crippen LogP contribution in [0, 0.1) is 6.92 Å². The molecular weight excluding hydrogens is 288 g/mol. The topological polar surface area (TPSA) is 81.5 Å². The lowest BCUT2D eigenvalue weighted by Crippen LogP contribution is -1.90. The fourth-order valence-corrected chi connectivity index (χ4v) is 1.98. The van der Waals surface area contributed by atoms with Crippen LogP contribution in [0.25, 0.3) is 11.3 Å². The van der Waals surface area contributed by atoms with Crippen LogP contribution in [0.15, 0.2) is 21.1 Å². The van der Waals surface area contributed by atoms with E-state index in [0.29, 0.717) is 17.1 Å². The van der Waals surface area contributed by atoms with Crippen molar-refractivity contribution in [3.05, 3.63) is 22.2 Å². The molecule has 0 saturated carbocycles. The number of aromatic nitrogens is 1. The standard InChI is InChI=1S/C11H11BrN2O3/c1-5-6(12)3-8(16-2)11(15)10(5)7-4-9(13)14-17-7/h3-4,15H,1-2H3,(H2,13,14). The number of hydrogen-bond donors (Lipinski definition) is 2. The molecule has 3 N–H and O–H groups in total. The summed E-state index contributed by atoms with van der Waals surface area (Å²) in [5.74, 6) is 1.02. The number of methoxy groups -OCH3 is 1. The monoisotopic (exact) mass is 298 g/mol. The van der Waals surface area contributed by atoms with Crippen molar-refractivity contribution in [1.29, 1.82) is 0 Å². The second kappa shape index (κ2) is 4.29. The molecule has 0 bridgehead atoms. The van der Waals surface area contributed by atoms with E-state index in [1.807, 2.05) is 6.92 Å². The van der Waals surface area contributed by atoms with Crippen LogP contribution in [0.3, 0.4) is 0 Å². The van der Waals surface area contributed by atoms with Crippen molar-refractivity contribution in [3.63, 3.8) is 0 Å². The number of halogens is 1. The highest BCUT2D eigenvalue weighted by Crippen LogP contribution is 2.43. The van der Waals surface area contributed by atoms with Crippen molar-refractivity contribution in [2.45, 2.75) is 6.92 Å². The summed E-state index contributed by atoms with van der Waals surface area (Å²) in [6.07, 6.45) is 0. The normalized spacial score (nSPS) is 10.5. The fourth-order valence-electron chi connectivity index (χ4n) is 1.58. The number of phenolic OH excluding ortho intramolecular Hbond substituents is 1. The smallest absolute Gasteiger partial charge is 0.173 e. The molecule has 90 valence electrons. The van der Waals surface area contributed by atoms with Gasteiger partial charge in [-0.2, -0.15) is 0 Å². The van der Waals surface area contributed by atoms with Crippen LogP contribution >= 0.6 is 15.9 Å². The summed E-state index contributed by atoms with van der Waals surface area (Å²) in [5, 5.41) is 13.7. The molecule has 0 atom stereocenters. The predicted molar refractivity (Wildman–Crippen MR) is 67.0 cm³/mol. The highest BCUT2D eigenvalue weighted by atomic mass is 79.9. The number of nitrogens with zero attached hydrogens (tertiary/aromatic N) is 1. The van der Waals surface area contributed by atoms with Gasteiger partial charge in [-0.25, -0.2) is 0 Å². The summed E-state index contributed by atoms with van der Waals surface area (Å²) in [6.45, 7) is 1.84. The van der Waals surface area contributed by atoms with E-state index in [4.69, 9.17) is 15.0 Å². The average molecular weight is 299 g/mol. The minimum Gasteiger partial charge on any atom is -0.504 e. The first-order valence-electron chi connectivity index (χ1n) is 4.83. The number of nitrogens with two attached hydrogens (primary N) is 1. The maximum atomic E-state index is 10.1. The fraction of sp³-hybridized carbons (Fsp3) is 0.182. The third kappa shape index (κ3) is 1.95. The number of hydrogen-bond acceptors (Lipinski definition) is 5. The molecule has 0 fully saturated rings. The molecule has 1 heterocycles. The van der Waals surface area contributed by atoms with Gasteiger partial charge in [0.1, 0.15) is 0 Å². The van der Waals surface area contributed by atoms with Gasteiger partial charge in [0.2, 0.25) is 0 Å². The molecule has 2 aromatic rings. The van der Waals surface area contributed by atoms with Crippen molar-refractivity contribution < 1.29 is 14.4 Å². The van der Waals surface area contributed by atoms with Crippen LogP contribution in [0.4, 0.5) is 5.82 Å². The number of rotatable bonds is 2. The summed E-state index contributed by atoms with van der Waals surface area (Å²) in [7, 11) is 1.48. The summed E-state index contributed by atoms with van der Waals surface area (Å²) < 4.78 is 10.9. The molecule has 5 nitrogen and oxygen atoms in total. The first-order valence-corrected chi connectivity index (χ1v) is 5.62. The van der Waals surface area contributed by atoms with Crippen molar-refractivity contribution in [2.24, 2.45) is 0 Å². The van der Waals surface area contributed by atoms with E-state index in [9.17, 15) is 5.11 Å². The van der Waals surface area contributed by atoms with Crippen LogP contribution in [0.5, 0.6) is 11.5 Å². The number of aromatic hydroxyl groups is 1. The summed E-state index contributed by atoms with van der Waals surface area (Å²) in [5.41, 5.74) is 6.83. The number of phenols is 1. The Morgan fingerprint density at radius 3 is 2.71 bits per heavy atom. The van der Waals surface area contributed by atoms with Gasteiger partial charge in [-0.15, -0.1) is 0 Å². The molecule has 1 aromatic heterocycles. The first-order chi connectivity index (χ1) is 8.04. The van der Waals surface area contributed by atoms with Gasteiger partial charge in [-0.1, -0.05) is 21.1 Å². The van der Waals surface area contributed by atoms with Gasteiger partial charge >= 0.3 is 0 Å². The average Bonchev–Trinajstić information content (AvgIpc) is 2.70. The van der Waals surface area contributed by atoms with Crippen LogP contribution in [0.1, 0.15) is 5.56 Å². The van der Waals surface area contributed by atoms with E-state index in [2.05, 4.69) is 21.1 Å². The molecule has 0 aliphatic carbocycles. The molecule has 2 rings (SSSR count). The third-order valence-electron chi connectivity index (χ3n) is 2.46. The van der Waals surface area contributed by atoms with E-state index in [-0.39, 0.29) is 11.6 Å². The zero-order valence-corrected chi connectivity index (χ0v) is 10.9. The van der Waals surface area contributed by atoms with E-state index < -0.39 is 0 Å². The molecular formula is C11H11BrN2O3. The van der Waals surface area contributed by atoms with E-state index in [0.717, 1.165) is 10.0 Å². The molecule has 1 aromatic carbocycles. The molecule has 6 heteroatoms. The second-order valence-corrected chi connectivity index (χ2v) is 4.38. The Balaban J connectivity index is 2.71. The Bertz CT molecular complexity index is 566. The van der Waals surface area contributed by atoms with Crippen LogP contribution in [-0.4, -0.2) is 17.4 Å². The minimum absolute atomic E-state index is 0.00403. The maximum Gasteiger partial charge on any atom is 0.173 e. The number of benzene rings is 1. The molecule has 0 radical (unpaired) electrons. The molecule has 0 amide bonds. The number of anilines is 1. The van der Waals surface area contributed by atoms with Crippen molar-refractivity contribution in [2.75, 3.05) is 12.8 Å². The highest BCUT2D eigenvalue weighted by molar-refractivity contribution is 9.10. The van der Waals surface area contributed by atoms with Gasteiger partial charge < -0.3 is 20.1 Å². The van der Waals surface area contributed by atoms with Crippen LogP contribution < -0.4 is 10.5 Å². The Morgan fingerprint density at radius 1 is 1.47 bits per heavy atom. The van der Waals surface area contributed by atoms with Crippen molar-refractivity contribution >= 4 is 21.7 Å².